The van der Waals surface area contributed by atoms with Crippen molar-refractivity contribution in [1.82, 2.24) is 10.3 Å². The summed E-state index contributed by atoms with van der Waals surface area (Å²) in [6.07, 6.45) is 1.45. The minimum absolute atomic E-state index is 0.0410. The summed E-state index contributed by atoms with van der Waals surface area (Å²) < 4.78 is 1.16. The average Bonchev–Trinajstić information content (AvgIpc) is 2.87. The van der Waals surface area contributed by atoms with Crippen LogP contribution < -0.4 is 5.32 Å². The van der Waals surface area contributed by atoms with Gasteiger partial charge in [-0.25, -0.2) is 4.98 Å². The van der Waals surface area contributed by atoms with Crippen LogP contribution >= 0.6 is 11.3 Å². The predicted octanol–water partition coefficient (Wildman–Crippen LogP) is 2.50. The zero-order valence-corrected chi connectivity index (χ0v) is 13.1. The maximum atomic E-state index is 12.0. The van der Waals surface area contributed by atoms with E-state index in [-0.39, 0.29) is 23.5 Å². The van der Waals surface area contributed by atoms with Crippen molar-refractivity contribution in [1.29, 1.82) is 0 Å². The summed E-state index contributed by atoms with van der Waals surface area (Å²) in [6.45, 7) is 3.97. The quantitative estimate of drug-likeness (QED) is 0.912. The van der Waals surface area contributed by atoms with Crippen LogP contribution in [0.15, 0.2) is 24.3 Å². The van der Waals surface area contributed by atoms with E-state index in [9.17, 15) is 9.90 Å². The van der Waals surface area contributed by atoms with Gasteiger partial charge in [-0.15, -0.1) is 11.3 Å². The number of hydrogen-bond acceptors (Lipinski definition) is 4. The molecule has 0 bridgehead atoms. The normalized spacial score (nSPS) is 23.8. The molecule has 4 nitrogen and oxygen atoms in total. The molecule has 2 unspecified atom stereocenters. The SMILES string of the molecule is CC1(C)C(O)CC1NC(=O)CCc1nc2ccccc2s1. The number of fused-ring (bicyclic) bond motifs is 1. The first-order valence-electron chi connectivity index (χ1n) is 7.28. The Hall–Kier alpha value is -1.46. The van der Waals surface area contributed by atoms with Gasteiger partial charge in [0.15, 0.2) is 0 Å². The lowest BCUT2D eigenvalue weighted by Gasteiger charge is -2.49. The molecule has 1 aromatic heterocycles. The lowest BCUT2D eigenvalue weighted by molar-refractivity contribution is -0.129. The highest BCUT2D eigenvalue weighted by Gasteiger charge is 2.47. The number of carbonyl (C=O) groups is 1. The Morgan fingerprint density at radius 1 is 1.48 bits per heavy atom. The van der Waals surface area contributed by atoms with Gasteiger partial charge in [-0.3, -0.25) is 4.79 Å². The monoisotopic (exact) mass is 304 g/mol. The number of aliphatic hydroxyl groups excluding tert-OH is 1. The molecule has 2 atom stereocenters. The first kappa shape index (κ1) is 14.5. The average molecular weight is 304 g/mol. The third-order valence-electron chi connectivity index (χ3n) is 4.46. The van der Waals surface area contributed by atoms with Crippen LogP contribution in [0, 0.1) is 5.41 Å². The molecule has 0 saturated heterocycles. The highest BCUT2D eigenvalue weighted by atomic mass is 32.1. The van der Waals surface area contributed by atoms with Crippen LogP contribution in [0.25, 0.3) is 10.2 Å². The Morgan fingerprint density at radius 2 is 2.24 bits per heavy atom. The van der Waals surface area contributed by atoms with Crippen molar-refractivity contribution in [3.63, 3.8) is 0 Å². The van der Waals surface area contributed by atoms with Crippen molar-refractivity contribution in [2.45, 2.75) is 45.3 Å². The fourth-order valence-electron chi connectivity index (χ4n) is 2.66. The second kappa shape index (κ2) is 5.39. The van der Waals surface area contributed by atoms with E-state index < -0.39 is 0 Å². The zero-order chi connectivity index (χ0) is 15.0. The number of nitrogens with one attached hydrogen (secondary N) is 1. The summed E-state index contributed by atoms with van der Waals surface area (Å²) in [5.41, 5.74) is 0.784. The minimum atomic E-state index is -0.313. The maximum Gasteiger partial charge on any atom is 0.220 e. The van der Waals surface area contributed by atoms with Crippen LogP contribution in [0.4, 0.5) is 0 Å². The van der Waals surface area contributed by atoms with Gasteiger partial charge in [0.1, 0.15) is 0 Å². The van der Waals surface area contributed by atoms with Crippen molar-refractivity contribution in [2.24, 2.45) is 5.41 Å². The second-order valence-electron chi connectivity index (χ2n) is 6.27. The van der Waals surface area contributed by atoms with Crippen LogP contribution in [-0.4, -0.2) is 28.1 Å². The highest BCUT2D eigenvalue weighted by Crippen LogP contribution is 2.40. The molecule has 1 aliphatic carbocycles. The van der Waals surface area contributed by atoms with E-state index in [0.29, 0.717) is 19.3 Å². The molecule has 1 aromatic carbocycles. The fourth-order valence-corrected chi connectivity index (χ4v) is 3.63. The van der Waals surface area contributed by atoms with Gasteiger partial charge in [-0.2, -0.15) is 0 Å². The molecular weight excluding hydrogens is 284 g/mol. The molecule has 1 amide bonds. The van der Waals surface area contributed by atoms with Crippen molar-refractivity contribution in [3.05, 3.63) is 29.3 Å². The Kier molecular flexibility index (Phi) is 3.71. The number of aromatic nitrogens is 1. The zero-order valence-electron chi connectivity index (χ0n) is 12.3. The van der Waals surface area contributed by atoms with E-state index in [4.69, 9.17) is 0 Å². The number of hydrogen-bond donors (Lipinski definition) is 2. The number of carbonyl (C=O) groups excluding carboxylic acids is 1. The molecule has 0 spiro atoms. The molecule has 1 heterocycles. The van der Waals surface area contributed by atoms with Gasteiger partial charge in [0.2, 0.25) is 5.91 Å². The molecule has 0 aliphatic heterocycles. The first-order valence-corrected chi connectivity index (χ1v) is 8.10. The third-order valence-corrected chi connectivity index (χ3v) is 5.55. The van der Waals surface area contributed by atoms with Crippen molar-refractivity contribution in [2.75, 3.05) is 0 Å². The lowest BCUT2D eigenvalue weighted by Crippen LogP contribution is -2.61. The lowest BCUT2D eigenvalue weighted by atomic mass is 9.64. The molecule has 1 fully saturated rings. The topological polar surface area (TPSA) is 62.2 Å². The van der Waals surface area contributed by atoms with Crippen LogP contribution in [0.3, 0.4) is 0 Å². The standard InChI is InChI=1S/C16H20N2O2S/c1-16(2)12(9-13(16)19)18-14(20)7-8-15-17-10-5-3-4-6-11(10)21-15/h3-6,12-13,19H,7-9H2,1-2H3,(H,18,20). The molecule has 112 valence electrons. The summed E-state index contributed by atoms with van der Waals surface area (Å²) in [5, 5.41) is 13.7. The van der Waals surface area contributed by atoms with Gasteiger partial charge in [-0.05, 0) is 18.6 Å². The van der Waals surface area contributed by atoms with Crippen LogP contribution in [0.1, 0.15) is 31.7 Å². The molecule has 21 heavy (non-hydrogen) atoms. The molecule has 3 rings (SSSR count). The van der Waals surface area contributed by atoms with E-state index in [1.54, 1.807) is 11.3 Å². The summed E-state index contributed by atoms with van der Waals surface area (Å²) >= 11 is 1.65. The van der Waals surface area contributed by atoms with Crippen LogP contribution in [0.2, 0.25) is 0 Å². The van der Waals surface area contributed by atoms with Gasteiger partial charge < -0.3 is 10.4 Å². The molecule has 5 heteroatoms. The summed E-state index contributed by atoms with van der Waals surface area (Å²) in [5.74, 6) is 0.0410. The number of thiazole rings is 1. The van der Waals surface area contributed by atoms with E-state index in [0.717, 1.165) is 15.2 Å². The molecule has 2 N–H and O–H groups in total. The van der Waals surface area contributed by atoms with E-state index in [1.165, 1.54) is 0 Å². The highest BCUT2D eigenvalue weighted by molar-refractivity contribution is 7.18. The van der Waals surface area contributed by atoms with Gasteiger partial charge in [-0.1, -0.05) is 26.0 Å². The number of benzene rings is 1. The smallest absolute Gasteiger partial charge is 0.220 e. The fraction of sp³-hybridized carbons (Fsp3) is 0.500. The number of amides is 1. The van der Waals surface area contributed by atoms with Crippen molar-refractivity contribution < 1.29 is 9.90 Å². The second-order valence-corrected chi connectivity index (χ2v) is 7.38. The molecule has 1 aliphatic rings. The summed E-state index contributed by atoms with van der Waals surface area (Å²) in [6, 6.07) is 8.10. The Balaban J connectivity index is 1.54. The van der Waals surface area contributed by atoms with Crippen LogP contribution in [-0.2, 0) is 11.2 Å². The number of para-hydroxylation sites is 1. The molecule has 1 saturated carbocycles. The Morgan fingerprint density at radius 3 is 2.90 bits per heavy atom. The third kappa shape index (κ3) is 2.80. The molecular formula is C16H20N2O2S. The van der Waals surface area contributed by atoms with Gasteiger partial charge in [0, 0.05) is 24.3 Å². The number of aryl methyl sites for hydroxylation is 1. The largest absolute Gasteiger partial charge is 0.392 e. The van der Waals surface area contributed by atoms with Crippen molar-refractivity contribution in [3.8, 4) is 0 Å². The summed E-state index contributed by atoms with van der Waals surface area (Å²) in [7, 11) is 0. The maximum absolute atomic E-state index is 12.0. The number of nitrogens with zero attached hydrogens (tertiary/aromatic N) is 1. The molecule has 2 aromatic rings. The minimum Gasteiger partial charge on any atom is -0.392 e. The number of aliphatic hydroxyl groups is 1. The van der Waals surface area contributed by atoms with Crippen molar-refractivity contribution >= 4 is 27.5 Å². The van der Waals surface area contributed by atoms with E-state index >= 15 is 0 Å². The Labute approximate surface area is 128 Å². The van der Waals surface area contributed by atoms with Gasteiger partial charge in [0.05, 0.1) is 21.3 Å². The van der Waals surface area contributed by atoms with Crippen LogP contribution in [0.5, 0.6) is 0 Å². The number of rotatable bonds is 4. The van der Waals surface area contributed by atoms with E-state index in [2.05, 4.69) is 16.4 Å². The summed E-state index contributed by atoms with van der Waals surface area (Å²) in [4.78, 5) is 16.6. The molecule has 0 radical (unpaired) electrons. The van der Waals surface area contributed by atoms with Gasteiger partial charge in [0.25, 0.3) is 0 Å². The van der Waals surface area contributed by atoms with E-state index in [1.807, 2.05) is 32.0 Å². The first-order chi connectivity index (χ1) is 9.96. The Bertz CT molecular complexity index is 632. The predicted molar refractivity (Wildman–Crippen MR) is 84.3 cm³/mol. The van der Waals surface area contributed by atoms with Gasteiger partial charge >= 0.3 is 0 Å².